The number of aliphatic carboxylic acids is 1. The molecule has 1 amide bonds. The first-order valence-corrected chi connectivity index (χ1v) is 6.94. The molecule has 1 unspecified atom stereocenters. The first-order valence-electron chi connectivity index (χ1n) is 6.94. The fourth-order valence-electron chi connectivity index (χ4n) is 2.89. The summed E-state index contributed by atoms with van der Waals surface area (Å²) < 4.78 is 0. The molecule has 6 nitrogen and oxygen atoms in total. The van der Waals surface area contributed by atoms with Crippen molar-refractivity contribution in [3.05, 3.63) is 0 Å². The summed E-state index contributed by atoms with van der Waals surface area (Å²) in [5.74, 6) is -0.981. The van der Waals surface area contributed by atoms with Gasteiger partial charge >= 0.3 is 5.97 Å². The van der Waals surface area contributed by atoms with Gasteiger partial charge in [0.1, 0.15) is 0 Å². The molecule has 0 aromatic rings. The number of hydrogen-bond donors (Lipinski definition) is 4. The van der Waals surface area contributed by atoms with Gasteiger partial charge in [0, 0.05) is 25.6 Å². The molecule has 0 aromatic heterocycles. The molecule has 19 heavy (non-hydrogen) atoms. The minimum Gasteiger partial charge on any atom is -0.481 e. The molecule has 2 rings (SSSR count). The number of nitrogens with one attached hydrogen (secondary N) is 2. The maximum Gasteiger partial charge on any atom is 0.306 e. The molecule has 6 heteroatoms. The van der Waals surface area contributed by atoms with Crippen molar-refractivity contribution in [2.75, 3.05) is 13.1 Å². The standard InChI is InChI=1S/C13H22N2O4/c16-11-2-1-10(15-11)7-14-8-13(19)5-3-9(4-6-13)12(17)18/h9-10,14,19H,1-8H2,(H,15,16)(H,17,18). The van der Waals surface area contributed by atoms with Crippen molar-refractivity contribution in [2.45, 2.75) is 50.2 Å². The van der Waals surface area contributed by atoms with Crippen LogP contribution in [0.15, 0.2) is 0 Å². The van der Waals surface area contributed by atoms with E-state index in [2.05, 4.69) is 10.6 Å². The number of amides is 1. The third kappa shape index (κ3) is 3.91. The van der Waals surface area contributed by atoms with Gasteiger partial charge in [-0.05, 0) is 32.1 Å². The quantitative estimate of drug-likeness (QED) is 0.557. The van der Waals surface area contributed by atoms with Crippen molar-refractivity contribution in [1.82, 2.24) is 10.6 Å². The van der Waals surface area contributed by atoms with Crippen LogP contribution in [0.1, 0.15) is 38.5 Å². The fourth-order valence-corrected chi connectivity index (χ4v) is 2.89. The van der Waals surface area contributed by atoms with Gasteiger partial charge in [-0.25, -0.2) is 0 Å². The molecule has 1 atom stereocenters. The lowest BCUT2D eigenvalue weighted by molar-refractivity contribution is -0.144. The second kappa shape index (κ2) is 5.88. The second-order valence-corrected chi connectivity index (χ2v) is 5.77. The summed E-state index contributed by atoms with van der Waals surface area (Å²) >= 11 is 0. The largest absolute Gasteiger partial charge is 0.481 e. The monoisotopic (exact) mass is 270 g/mol. The average molecular weight is 270 g/mol. The highest BCUT2D eigenvalue weighted by atomic mass is 16.4. The van der Waals surface area contributed by atoms with Gasteiger partial charge in [-0.15, -0.1) is 0 Å². The molecule has 108 valence electrons. The Balaban J connectivity index is 1.68. The van der Waals surface area contributed by atoms with Gasteiger partial charge in [0.15, 0.2) is 0 Å². The van der Waals surface area contributed by atoms with E-state index in [1.165, 1.54) is 0 Å². The lowest BCUT2D eigenvalue weighted by Gasteiger charge is -2.35. The van der Waals surface area contributed by atoms with Crippen LogP contribution in [0.4, 0.5) is 0 Å². The second-order valence-electron chi connectivity index (χ2n) is 5.77. The zero-order valence-corrected chi connectivity index (χ0v) is 11.0. The number of carboxylic acids is 1. The minimum atomic E-state index is -0.797. The molecule has 1 aliphatic carbocycles. The molecule has 0 radical (unpaired) electrons. The number of carbonyl (C=O) groups is 2. The Labute approximate surface area is 112 Å². The maximum absolute atomic E-state index is 11.0. The first-order chi connectivity index (χ1) is 8.98. The van der Waals surface area contributed by atoms with Crippen LogP contribution in [0.5, 0.6) is 0 Å². The lowest BCUT2D eigenvalue weighted by atomic mass is 9.79. The Morgan fingerprint density at radius 2 is 2.05 bits per heavy atom. The van der Waals surface area contributed by atoms with Crippen LogP contribution in [0, 0.1) is 5.92 Å². The van der Waals surface area contributed by atoms with Crippen molar-refractivity contribution in [2.24, 2.45) is 5.92 Å². The van der Waals surface area contributed by atoms with Crippen molar-refractivity contribution in [3.8, 4) is 0 Å². The van der Waals surface area contributed by atoms with Gasteiger partial charge in [0.05, 0.1) is 11.5 Å². The van der Waals surface area contributed by atoms with E-state index in [1.54, 1.807) is 0 Å². The first kappa shape index (κ1) is 14.3. The van der Waals surface area contributed by atoms with Crippen LogP contribution in [-0.2, 0) is 9.59 Å². The van der Waals surface area contributed by atoms with Crippen LogP contribution in [0.2, 0.25) is 0 Å². The molecule has 0 bridgehead atoms. The molecule has 2 fully saturated rings. The number of carboxylic acid groups (broad SMARTS) is 1. The van der Waals surface area contributed by atoms with Crippen molar-refractivity contribution in [1.29, 1.82) is 0 Å². The van der Waals surface area contributed by atoms with E-state index in [0.29, 0.717) is 45.2 Å². The lowest BCUT2D eigenvalue weighted by Crippen LogP contribution is -2.47. The van der Waals surface area contributed by atoms with E-state index in [1.807, 2.05) is 0 Å². The normalized spacial score (nSPS) is 35.1. The highest BCUT2D eigenvalue weighted by molar-refractivity contribution is 5.78. The van der Waals surface area contributed by atoms with E-state index in [9.17, 15) is 14.7 Å². The predicted octanol–water partition coefficient (Wildman–Crippen LogP) is -0.139. The number of carbonyl (C=O) groups excluding carboxylic acids is 1. The third-order valence-electron chi connectivity index (χ3n) is 4.20. The summed E-state index contributed by atoms with van der Waals surface area (Å²) in [7, 11) is 0. The van der Waals surface area contributed by atoms with Crippen molar-refractivity contribution in [3.63, 3.8) is 0 Å². The van der Waals surface area contributed by atoms with E-state index < -0.39 is 11.6 Å². The Morgan fingerprint density at radius 3 is 2.58 bits per heavy atom. The van der Waals surface area contributed by atoms with E-state index in [4.69, 9.17) is 5.11 Å². The van der Waals surface area contributed by atoms with E-state index >= 15 is 0 Å². The van der Waals surface area contributed by atoms with Gasteiger partial charge < -0.3 is 20.8 Å². The third-order valence-corrected chi connectivity index (χ3v) is 4.20. The number of hydrogen-bond acceptors (Lipinski definition) is 4. The predicted molar refractivity (Wildman–Crippen MR) is 68.6 cm³/mol. The van der Waals surface area contributed by atoms with Gasteiger partial charge in [-0.1, -0.05) is 0 Å². The molecule has 4 N–H and O–H groups in total. The number of rotatable bonds is 5. The summed E-state index contributed by atoms with van der Waals surface area (Å²) in [6, 6.07) is 0.159. The van der Waals surface area contributed by atoms with Crippen LogP contribution in [-0.4, -0.2) is 46.8 Å². The topological polar surface area (TPSA) is 98.7 Å². The summed E-state index contributed by atoms with van der Waals surface area (Å²) in [4.78, 5) is 21.9. The highest BCUT2D eigenvalue weighted by Gasteiger charge is 2.35. The van der Waals surface area contributed by atoms with Gasteiger partial charge in [0.25, 0.3) is 0 Å². The van der Waals surface area contributed by atoms with E-state index in [0.717, 1.165) is 6.42 Å². The molecular formula is C13H22N2O4. The summed E-state index contributed by atoms with van der Waals surface area (Å²) in [5.41, 5.74) is -0.797. The molecular weight excluding hydrogens is 248 g/mol. The highest BCUT2D eigenvalue weighted by Crippen LogP contribution is 2.31. The molecule has 1 saturated heterocycles. The summed E-state index contributed by atoms with van der Waals surface area (Å²) in [6.45, 7) is 1.13. The van der Waals surface area contributed by atoms with Gasteiger partial charge in [0.2, 0.25) is 5.91 Å². The fraction of sp³-hybridized carbons (Fsp3) is 0.846. The summed E-state index contributed by atoms with van der Waals surface area (Å²) in [6.07, 6.45) is 3.53. The van der Waals surface area contributed by atoms with Crippen LogP contribution in [0.25, 0.3) is 0 Å². The average Bonchev–Trinajstić information content (AvgIpc) is 2.75. The van der Waals surface area contributed by atoms with Gasteiger partial charge in [-0.3, -0.25) is 9.59 Å². The summed E-state index contributed by atoms with van der Waals surface area (Å²) in [5, 5.41) is 25.3. The SMILES string of the molecule is O=C1CCC(CNCC2(O)CCC(C(=O)O)CC2)N1. The van der Waals surface area contributed by atoms with Crippen LogP contribution >= 0.6 is 0 Å². The molecule has 0 spiro atoms. The van der Waals surface area contributed by atoms with Gasteiger partial charge in [-0.2, -0.15) is 0 Å². The number of aliphatic hydroxyl groups is 1. The molecule has 1 saturated carbocycles. The van der Waals surface area contributed by atoms with Crippen molar-refractivity contribution < 1.29 is 19.8 Å². The zero-order chi connectivity index (χ0) is 13.9. The van der Waals surface area contributed by atoms with E-state index in [-0.39, 0.29) is 17.9 Å². The minimum absolute atomic E-state index is 0.0903. The molecule has 1 heterocycles. The maximum atomic E-state index is 11.0. The molecule has 1 aliphatic heterocycles. The Kier molecular flexibility index (Phi) is 4.42. The Bertz CT molecular complexity index is 351. The Morgan fingerprint density at radius 1 is 1.37 bits per heavy atom. The zero-order valence-electron chi connectivity index (χ0n) is 11.0. The smallest absolute Gasteiger partial charge is 0.306 e. The molecule has 2 aliphatic rings. The van der Waals surface area contributed by atoms with Crippen LogP contribution < -0.4 is 10.6 Å². The van der Waals surface area contributed by atoms with Crippen LogP contribution in [0.3, 0.4) is 0 Å². The Hall–Kier alpha value is -1.14. The molecule has 0 aromatic carbocycles. The van der Waals surface area contributed by atoms with Crippen molar-refractivity contribution >= 4 is 11.9 Å².